The SMILES string of the molecule is CC/C=C\C/C=C\C/C=C\C/C=C\C/C=C\CCCC(=O)OC(COC(=O)CCCCCCC)COC(=O)CCCCCCCCC/C=C\C/C=C\CCCCCC. The van der Waals surface area contributed by atoms with Crippen molar-refractivity contribution in [3.8, 4) is 0 Å². The van der Waals surface area contributed by atoms with Crippen LogP contribution < -0.4 is 0 Å². The molecule has 0 saturated carbocycles. The average Bonchev–Trinajstić information content (AvgIpc) is 3.22. The van der Waals surface area contributed by atoms with Crippen molar-refractivity contribution in [1.82, 2.24) is 0 Å². The second kappa shape index (κ2) is 46.3. The number of hydrogen-bond acceptors (Lipinski definition) is 6. The summed E-state index contributed by atoms with van der Waals surface area (Å²) < 4.78 is 16.6. The highest BCUT2D eigenvalue weighted by atomic mass is 16.6. The average molecular weight is 807 g/mol. The molecule has 6 heteroatoms. The molecule has 0 heterocycles. The van der Waals surface area contributed by atoms with Crippen LogP contribution in [0.2, 0.25) is 0 Å². The van der Waals surface area contributed by atoms with Crippen LogP contribution in [0.5, 0.6) is 0 Å². The molecule has 1 atom stereocenters. The highest BCUT2D eigenvalue weighted by molar-refractivity contribution is 5.71. The van der Waals surface area contributed by atoms with E-state index < -0.39 is 6.10 Å². The van der Waals surface area contributed by atoms with Crippen molar-refractivity contribution in [2.24, 2.45) is 0 Å². The summed E-state index contributed by atoms with van der Waals surface area (Å²) in [5.74, 6) is -0.990. The van der Waals surface area contributed by atoms with Crippen LogP contribution in [0.15, 0.2) is 85.1 Å². The van der Waals surface area contributed by atoms with Gasteiger partial charge in [-0.2, -0.15) is 0 Å². The van der Waals surface area contributed by atoms with Crippen LogP contribution in [0.25, 0.3) is 0 Å². The van der Waals surface area contributed by atoms with E-state index in [1.165, 1.54) is 57.8 Å². The van der Waals surface area contributed by atoms with Gasteiger partial charge in [0, 0.05) is 19.3 Å². The molecule has 0 spiro atoms. The van der Waals surface area contributed by atoms with Gasteiger partial charge in [-0.1, -0.05) is 183 Å². The lowest BCUT2D eigenvalue weighted by atomic mass is 10.1. The lowest BCUT2D eigenvalue weighted by molar-refractivity contribution is -0.167. The number of hydrogen-bond donors (Lipinski definition) is 0. The Balaban J connectivity index is 4.33. The minimum Gasteiger partial charge on any atom is -0.462 e. The lowest BCUT2D eigenvalue weighted by Crippen LogP contribution is -2.30. The lowest BCUT2D eigenvalue weighted by Gasteiger charge is -2.18. The second-order valence-corrected chi connectivity index (χ2v) is 15.3. The van der Waals surface area contributed by atoms with Crippen LogP contribution >= 0.6 is 0 Å². The van der Waals surface area contributed by atoms with Gasteiger partial charge < -0.3 is 14.2 Å². The van der Waals surface area contributed by atoms with Crippen LogP contribution in [0, 0.1) is 0 Å². The predicted octanol–water partition coefficient (Wildman–Crippen LogP) is 15.3. The topological polar surface area (TPSA) is 78.9 Å². The molecule has 6 nitrogen and oxygen atoms in total. The van der Waals surface area contributed by atoms with Gasteiger partial charge in [0.2, 0.25) is 0 Å². The normalized spacial score (nSPS) is 12.8. The van der Waals surface area contributed by atoms with Gasteiger partial charge in [0.1, 0.15) is 13.2 Å². The number of carbonyl (C=O) groups excluding carboxylic acids is 3. The summed E-state index contributed by atoms with van der Waals surface area (Å²) >= 11 is 0. The van der Waals surface area contributed by atoms with E-state index in [0.717, 1.165) is 103 Å². The zero-order valence-electron chi connectivity index (χ0n) is 37.5. The molecule has 0 radical (unpaired) electrons. The monoisotopic (exact) mass is 807 g/mol. The van der Waals surface area contributed by atoms with Crippen molar-refractivity contribution in [3.05, 3.63) is 85.1 Å². The summed E-state index contributed by atoms with van der Waals surface area (Å²) in [4.78, 5) is 37.5. The highest BCUT2D eigenvalue weighted by Gasteiger charge is 2.19. The number of esters is 3. The standard InChI is InChI=1S/C52H86O6/c1-4-7-10-13-15-17-19-21-23-25-27-28-30-32-34-36-39-42-45-51(54)57-48-49(47-56-50(53)44-41-38-12-9-6-3)58-52(55)46-43-40-37-35-33-31-29-26-24-22-20-18-16-14-11-8-5-2/h8,11,16-19,22-25,29,31,35,37,49H,4-7,9-10,12-15,20-21,26-28,30,32-34,36,38-48H2,1-3H3/b11-8-,18-16-,19-17-,24-22-,25-23-,31-29-,37-35-. The Morgan fingerprint density at radius 2 is 0.690 bits per heavy atom. The van der Waals surface area contributed by atoms with E-state index in [4.69, 9.17) is 14.2 Å². The van der Waals surface area contributed by atoms with Crippen LogP contribution in [0.1, 0.15) is 207 Å². The predicted molar refractivity (Wildman–Crippen MR) is 247 cm³/mol. The third-order valence-electron chi connectivity index (χ3n) is 9.63. The van der Waals surface area contributed by atoms with Gasteiger partial charge in [-0.05, 0) is 89.9 Å². The maximum atomic E-state index is 12.7. The van der Waals surface area contributed by atoms with E-state index in [1.54, 1.807) is 0 Å². The Morgan fingerprint density at radius 3 is 1.12 bits per heavy atom. The van der Waals surface area contributed by atoms with E-state index in [0.29, 0.717) is 19.3 Å². The van der Waals surface area contributed by atoms with Crippen LogP contribution in [-0.4, -0.2) is 37.2 Å². The third kappa shape index (κ3) is 43.7. The van der Waals surface area contributed by atoms with Gasteiger partial charge in [0.25, 0.3) is 0 Å². The molecule has 0 aliphatic heterocycles. The van der Waals surface area contributed by atoms with Crippen molar-refractivity contribution in [1.29, 1.82) is 0 Å². The second-order valence-electron chi connectivity index (χ2n) is 15.3. The summed E-state index contributed by atoms with van der Waals surface area (Å²) in [6, 6.07) is 0. The highest BCUT2D eigenvalue weighted by Crippen LogP contribution is 2.12. The van der Waals surface area contributed by atoms with E-state index in [2.05, 4.69) is 106 Å². The molecule has 58 heavy (non-hydrogen) atoms. The Bertz CT molecular complexity index is 1160. The zero-order valence-corrected chi connectivity index (χ0v) is 37.5. The Morgan fingerprint density at radius 1 is 0.362 bits per heavy atom. The Hall–Kier alpha value is -3.41. The van der Waals surface area contributed by atoms with E-state index in [9.17, 15) is 14.4 Å². The summed E-state index contributed by atoms with van der Waals surface area (Å²) in [7, 11) is 0. The van der Waals surface area contributed by atoms with Crippen molar-refractivity contribution in [3.63, 3.8) is 0 Å². The van der Waals surface area contributed by atoms with E-state index in [-0.39, 0.29) is 37.5 Å². The summed E-state index contributed by atoms with van der Waals surface area (Å²) in [5, 5.41) is 0. The van der Waals surface area contributed by atoms with Gasteiger partial charge in [0.05, 0.1) is 0 Å². The van der Waals surface area contributed by atoms with Crippen molar-refractivity contribution >= 4 is 17.9 Å². The molecule has 330 valence electrons. The fourth-order valence-corrected chi connectivity index (χ4v) is 6.09. The van der Waals surface area contributed by atoms with Crippen molar-refractivity contribution < 1.29 is 28.6 Å². The molecular weight excluding hydrogens is 721 g/mol. The zero-order chi connectivity index (χ0) is 42.3. The minimum atomic E-state index is -0.805. The molecule has 0 saturated heterocycles. The fraction of sp³-hybridized carbons (Fsp3) is 0.673. The van der Waals surface area contributed by atoms with Crippen molar-refractivity contribution in [2.75, 3.05) is 13.2 Å². The van der Waals surface area contributed by atoms with Gasteiger partial charge >= 0.3 is 17.9 Å². The maximum absolute atomic E-state index is 12.7. The molecule has 0 N–H and O–H groups in total. The molecule has 0 aromatic rings. The molecule has 0 aromatic carbocycles. The molecule has 0 aliphatic carbocycles. The summed E-state index contributed by atoms with van der Waals surface area (Å²) in [6.45, 7) is 6.35. The smallest absolute Gasteiger partial charge is 0.306 e. The molecule has 0 aliphatic rings. The van der Waals surface area contributed by atoms with Gasteiger partial charge in [-0.25, -0.2) is 0 Å². The molecule has 0 fully saturated rings. The largest absolute Gasteiger partial charge is 0.462 e. The number of rotatable bonds is 41. The number of carbonyl (C=O) groups is 3. The van der Waals surface area contributed by atoms with Crippen LogP contribution in [0.3, 0.4) is 0 Å². The molecule has 1 unspecified atom stereocenters. The summed E-state index contributed by atoms with van der Waals surface area (Å²) in [6.07, 6.45) is 58.9. The first-order valence-electron chi connectivity index (χ1n) is 23.6. The minimum absolute atomic E-state index is 0.104. The summed E-state index contributed by atoms with van der Waals surface area (Å²) in [5.41, 5.74) is 0. The van der Waals surface area contributed by atoms with E-state index in [1.807, 2.05) is 0 Å². The van der Waals surface area contributed by atoms with Crippen LogP contribution in [0.4, 0.5) is 0 Å². The third-order valence-corrected chi connectivity index (χ3v) is 9.63. The fourth-order valence-electron chi connectivity index (χ4n) is 6.09. The molecule has 0 bridgehead atoms. The molecule has 0 aromatic heterocycles. The Labute approximate surface area is 356 Å². The van der Waals surface area contributed by atoms with Crippen LogP contribution in [-0.2, 0) is 28.6 Å². The van der Waals surface area contributed by atoms with E-state index >= 15 is 0 Å². The quantitative estimate of drug-likeness (QED) is 0.0265. The van der Waals surface area contributed by atoms with Gasteiger partial charge in [0.15, 0.2) is 6.10 Å². The van der Waals surface area contributed by atoms with Gasteiger partial charge in [-0.3, -0.25) is 14.4 Å². The molecular formula is C52H86O6. The number of unbranched alkanes of at least 4 members (excludes halogenated alkanes) is 16. The number of ether oxygens (including phenoxy) is 3. The Kier molecular flexibility index (Phi) is 43.6. The molecule has 0 amide bonds. The first-order valence-corrected chi connectivity index (χ1v) is 23.6. The maximum Gasteiger partial charge on any atom is 0.306 e. The van der Waals surface area contributed by atoms with Crippen molar-refractivity contribution in [2.45, 2.75) is 213 Å². The first-order chi connectivity index (χ1) is 28.5. The number of allylic oxidation sites excluding steroid dienone is 14. The first kappa shape index (κ1) is 54.6. The van der Waals surface area contributed by atoms with Gasteiger partial charge in [-0.15, -0.1) is 0 Å². The molecule has 0 rings (SSSR count).